The predicted octanol–water partition coefficient (Wildman–Crippen LogP) is 6.94. The summed E-state index contributed by atoms with van der Waals surface area (Å²) >= 11 is 19.0. The van der Waals surface area contributed by atoms with Gasteiger partial charge in [0.05, 0.1) is 17.7 Å². The molecule has 46 heavy (non-hydrogen) atoms. The molecule has 0 radical (unpaired) electrons. The summed E-state index contributed by atoms with van der Waals surface area (Å²) in [6.07, 6.45) is 0.162. The van der Waals surface area contributed by atoms with Gasteiger partial charge in [0.1, 0.15) is 18.3 Å². The SMILES string of the molecule is CCNC(=O)C(Cc1ccccc1)N(Cc1ccc(Cl)cc1Cl)C(=O)CN(c1cc(Cl)ccc1OC)S(=O)(=O)c1ccc(C)cc1. The average molecular weight is 703 g/mol. The van der Waals surface area contributed by atoms with Crippen molar-refractivity contribution in [3.63, 3.8) is 0 Å². The van der Waals surface area contributed by atoms with Crippen LogP contribution in [0.3, 0.4) is 0 Å². The van der Waals surface area contributed by atoms with Gasteiger partial charge in [0.2, 0.25) is 11.8 Å². The first-order valence-electron chi connectivity index (χ1n) is 14.4. The van der Waals surface area contributed by atoms with Crippen LogP contribution in [0.25, 0.3) is 0 Å². The highest BCUT2D eigenvalue weighted by Gasteiger charge is 2.36. The zero-order valence-electron chi connectivity index (χ0n) is 25.5. The summed E-state index contributed by atoms with van der Waals surface area (Å²) < 4.78 is 35.0. The molecule has 0 aliphatic rings. The van der Waals surface area contributed by atoms with Crippen LogP contribution in [0.15, 0.2) is 95.9 Å². The first-order chi connectivity index (χ1) is 21.9. The molecule has 4 rings (SSSR count). The maximum atomic E-state index is 14.6. The van der Waals surface area contributed by atoms with Gasteiger partial charge in [0.25, 0.3) is 10.0 Å². The molecule has 8 nitrogen and oxygen atoms in total. The van der Waals surface area contributed by atoms with Gasteiger partial charge in [0, 0.05) is 34.6 Å². The standard InChI is InChI=1S/C34H34Cl3N3O5S/c1-4-38-34(42)31(18-24-8-6-5-7-9-24)39(21-25-12-13-26(35)19-29(25)37)33(41)22-40(30-20-27(36)14-17-32(30)45-3)46(43,44)28-15-10-23(2)11-16-28/h5-17,19-20,31H,4,18,21-22H2,1-3H3,(H,38,42). The van der Waals surface area contributed by atoms with Crippen LogP contribution in [0.2, 0.25) is 15.1 Å². The summed E-state index contributed by atoms with van der Waals surface area (Å²) in [5, 5.41) is 3.76. The maximum Gasteiger partial charge on any atom is 0.264 e. The highest BCUT2D eigenvalue weighted by atomic mass is 35.5. The third-order valence-electron chi connectivity index (χ3n) is 7.28. The number of carbonyl (C=O) groups excluding carboxylic acids is 2. The van der Waals surface area contributed by atoms with Gasteiger partial charge in [-0.05, 0) is 67.4 Å². The Balaban J connectivity index is 1.86. The Morgan fingerprint density at radius 3 is 2.17 bits per heavy atom. The number of likely N-dealkylation sites (N-methyl/N-ethyl adjacent to an activating group) is 1. The summed E-state index contributed by atoms with van der Waals surface area (Å²) in [4.78, 5) is 29.5. The van der Waals surface area contributed by atoms with Crippen molar-refractivity contribution in [2.75, 3.05) is 24.5 Å². The van der Waals surface area contributed by atoms with Gasteiger partial charge in [-0.2, -0.15) is 0 Å². The van der Waals surface area contributed by atoms with Crippen molar-refractivity contribution in [3.05, 3.63) is 123 Å². The fraction of sp³-hybridized carbons (Fsp3) is 0.235. The normalized spacial score (nSPS) is 11.9. The molecule has 1 atom stereocenters. The second-order valence-electron chi connectivity index (χ2n) is 10.5. The molecule has 0 saturated heterocycles. The number of hydrogen-bond donors (Lipinski definition) is 1. The molecule has 242 valence electrons. The average Bonchev–Trinajstić information content (AvgIpc) is 3.03. The number of hydrogen-bond acceptors (Lipinski definition) is 5. The number of anilines is 1. The van der Waals surface area contributed by atoms with Crippen LogP contribution >= 0.6 is 34.8 Å². The molecule has 4 aromatic carbocycles. The predicted molar refractivity (Wildman–Crippen MR) is 183 cm³/mol. The molecule has 12 heteroatoms. The van der Waals surface area contributed by atoms with Gasteiger partial charge >= 0.3 is 0 Å². The van der Waals surface area contributed by atoms with E-state index in [0.717, 1.165) is 15.4 Å². The number of carbonyl (C=O) groups is 2. The molecular weight excluding hydrogens is 669 g/mol. The lowest BCUT2D eigenvalue weighted by Gasteiger charge is -2.34. The first kappa shape index (κ1) is 35.1. The van der Waals surface area contributed by atoms with Gasteiger partial charge in [-0.3, -0.25) is 13.9 Å². The monoisotopic (exact) mass is 701 g/mol. The van der Waals surface area contributed by atoms with Crippen molar-refractivity contribution >= 4 is 62.3 Å². The second-order valence-corrected chi connectivity index (χ2v) is 13.6. The molecule has 0 aliphatic carbocycles. The number of ether oxygens (including phenoxy) is 1. The topological polar surface area (TPSA) is 96.0 Å². The third kappa shape index (κ3) is 8.53. The Hall–Kier alpha value is -3.76. The Morgan fingerprint density at radius 2 is 1.54 bits per heavy atom. The molecule has 2 amide bonds. The third-order valence-corrected chi connectivity index (χ3v) is 9.87. The molecule has 0 saturated carbocycles. The van der Waals surface area contributed by atoms with Gasteiger partial charge in [0.15, 0.2) is 0 Å². The van der Waals surface area contributed by atoms with Crippen molar-refractivity contribution in [1.29, 1.82) is 0 Å². The number of nitrogens with zero attached hydrogens (tertiary/aromatic N) is 2. The van der Waals surface area contributed by atoms with Crippen LogP contribution in [0.5, 0.6) is 5.75 Å². The number of methoxy groups -OCH3 is 1. The van der Waals surface area contributed by atoms with E-state index in [4.69, 9.17) is 39.5 Å². The van der Waals surface area contributed by atoms with Gasteiger partial charge in [-0.1, -0.05) is 88.9 Å². The van der Waals surface area contributed by atoms with Crippen LogP contribution in [-0.4, -0.2) is 51.4 Å². The number of nitrogens with one attached hydrogen (secondary N) is 1. The minimum absolute atomic E-state index is 0.0372. The van der Waals surface area contributed by atoms with Crippen molar-refractivity contribution < 1.29 is 22.7 Å². The number of benzene rings is 4. The number of amides is 2. The van der Waals surface area contributed by atoms with Crippen molar-refractivity contribution in [2.24, 2.45) is 0 Å². The Bertz CT molecular complexity index is 1790. The molecule has 0 aromatic heterocycles. The minimum Gasteiger partial charge on any atom is -0.495 e. The Labute approximate surface area is 284 Å². The summed E-state index contributed by atoms with van der Waals surface area (Å²) in [6, 6.07) is 23.9. The van der Waals surface area contributed by atoms with Gasteiger partial charge in [-0.15, -0.1) is 0 Å². The van der Waals surface area contributed by atoms with E-state index < -0.39 is 34.4 Å². The van der Waals surface area contributed by atoms with E-state index >= 15 is 0 Å². The van der Waals surface area contributed by atoms with E-state index in [2.05, 4.69) is 5.32 Å². The Morgan fingerprint density at radius 1 is 0.891 bits per heavy atom. The summed E-state index contributed by atoms with van der Waals surface area (Å²) in [7, 11) is -2.95. The highest BCUT2D eigenvalue weighted by Crippen LogP contribution is 2.35. The molecule has 1 unspecified atom stereocenters. The first-order valence-corrected chi connectivity index (χ1v) is 17.0. The van der Waals surface area contributed by atoms with E-state index in [9.17, 15) is 18.0 Å². The highest BCUT2D eigenvalue weighted by molar-refractivity contribution is 7.92. The molecule has 0 fully saturated rings. The fourth-order valence-corrected chi connectivity index (χ4v) is 6.94. The van der Waals surface area contributed by atoms with Gasteiger partial charge in [-0.25, -0.2) is 8.42 Å². The second kappa shape index (κ2) is 15.7. The van der Waals surface area contributed by atoms with Crippen molar-refractivity contribution in [2.45, 2.75) is 37.8 Å². The molecule has 0 aliphatic heterocycles. The van der Waals surface area contributed by atoms with E-state index in [-0.39, 0.29) is 34.3 Å². The number of rotatable bonds is 13. The van der Waals surface area contributed by atoms with Crippen molar-refractivity contribution in [3.8, 4) is 5.75 Å². The quantitative estimate of drug-likeness (QED) is 0.163. The molecular formula is C34H34Cl3N3O5S. The molecule has 1 N–H and O–H groups in total. The maximum absolute atomic E-state index is 14.6. The van der Waals surface area contributed by atoms with E-state index in [1.54, 1.807) is 43.3 Å². The minimum atomic E-state index is -4.35. The lowest BCUT2D eigenvalue weighted by atomic mass is 10.0. The van der Waals surface area contributed by atoms with Gasteiger partial charge < -0.3 is 15.0 Å². The zero-order chi connectivity index (χ0) is 33.4. The van der Waals surface area contributed by atoms with Crippen LogP contribution in [0.1, 0.15) is 23.6 Å². The number of halogens is 3. The zero-order valence-corrected chi connectivity index (χ0v) is 28.6. The number of sulfonamides is 1. The van der Waals surface area contributed by atoms with E-state index in [1.165, 1.54) is 36.3 Å². The van der Waals surface area contributed by atoms with Crippen LogP contribution in [-0.2, 0) is 32.6 Å². The molecule has 0 bridgehead atoms. The van der Waals surface area contributed by atoms with Crippen LogP contribution < -0.4 is 14.4 Å². The van der Waals surface area contributed by atoms with E-state index in [1.807, 2.05) is 37.3 Å². The van der Waals surface area contributed by atoms with E-state index in [0.29, 0.717) is 22.2 Å². The lowest BCUT2D eigenvalue weighted by molar-refractivity contribution is -0.140. The smallest absolute Gasteiger partial charge is 0.264 e. The molecule has 0 spiro atoms. The lowest BCUT2D eigenvalue weighted by Crippen LogP contribution is -2.53. The fourth-order valence-electron chi connectivity index (χ4n) is 4.89. The van der Waals surface area contributed by atoms with Crippen molar-refractivity contribution in [1.82, 2.24) is 10.2 Å². The molecule has 4 aromatic rings. The Kier molecular flexibility index (Phi) is 12.0. The summed E-state index contributed by atoms with van der Waals surface area (Å²) in [6.45, 7) is 3.16. The summed E-state index contributed by atoms with van der Waals surface area (Å²) in [5.41, 5.74) is 2.25. The van der Waals surface area contributed by atoms with Crippen LogP contribution in [0, 0.1) is 6.92 Å². The largest absolute Gasteiger partial charge is 0.495 e. The molecule has 0 heterocycles. The van der Waals surface area contributed by atoms with Crippen LogP contribution in [0.4, 0.5) is 5.69 Å². The summed E-state index contributed by atoms with van der Waals surface area (Å²) in [5.74, 6) is -0.876. The number of aryl methyl sites for hydroxylation is 1.